The van der Waals surface area contributed by atoms with E-state index in [-0.39, 0.29) is 5.82 Å². The lowest BCUT2D eigenvalue weighted by Crippen LogP contribution is -1.88. The lowest BCUT2D eigenvalue weighted by molar-refractivity contribution is 0.601. The Balaban J connectivity index is 2.78. The van der Waals surface area contributed by atoms with E-state index in [9.17, 15) is 4.39 Å². The predicted octanol–water partition coefficient (Wildman–Crippen LogP) is 3.33. The molecule has 0 N–H and O–H groups in total. The van der Waals surface area contributed by atoms with Crippen LogP contribution >= 0.6 is 11.8 Å². The molecule has 0 saturated heterocycles. The van der Waals surface area contributed by atoms with Gasteiger partial charge in [0.15, 0.2) is 0 Å². The summed E-state index contributed by atoms with van der Waals surface area (Å²) in [6.45, 7) is 4.11. The quantitative estimate of drug-likeness (QED) is 0.613. The predicted molar refractivity (Wildman–Crippen MR) is 47.4 cm³/mol. The van der Waals surface area contributed by atoms with Crippen molar-refractivity contribution < 1.29 is 4.39 Å². The Morgan fingerprint density at radius 2 is 1.91 bits per heavy atom. The minimum Gasteiger partial charge on any atom is -0.206 e. The summed E-state index contributed by atoms with van der Waals surface area (Å²) in [6, 6.07) is 6.86. The second-order valence-electron chi connectivity index (χ2n) is 2.60. The Labute approximate surface area is 70.8 Å². The molecule has 0 amide bonds. The molecule has 0 aliphatic carbocycles. The summed E-state index contributed by atoms with van der Waals surface area (Å²) in [5.41, 5.74) is 0. The van der Waals surface area contributed by atoms with Crippen LogP contribution in [0.2, 0.25) is 0 Å². The second-order valence-corrected chi connectivity index (χ2v) is 4.22. The van der Waals surface area contributed by atoms with Gasteiger partial charge in [-0.1, -0.05) is 26.0 Å². The SMILES string of the molecule is CC(C)Sc1ccccc1F. The van der Waals surface area contributed by atoms with E-state index in [2.05, 4.69) is 13.8 Å². The summed E-state index contributed by atoms with van der Waals surface area (Å²) in [4.78, 5) is 0.738. The monoisotopic (exact) mass is 170 g/mol. The van der Waals surface area contributed by atoms with Gasteiger partial charge in [-0.05, 0) is 12.1 Å². The summed E-state index contributed by atoms with van der Waals surface area (Å²) in [5.74, 6) is -0.119. The van der Waals surface area contributed by atoms with E-state index in [1.807, 2.05) is 6.07 Å². The lowest BCUT2D eigenvalue weighted by Gasteiger charge is -2.04. The maximum absolute atomic E-state index is 12.9. The van der Waals surface area contributed by atoms with Crippen LogP contribution in [0, 0.1) is 5.82 Å². The zero-order valence-electron chi connectivity index (χ0n) is 6.67. The largest absolute Gasteiger partial charge is 0.206 e. The van der Waals surface area contributed by atoms with Crippen LogP contribution in [-0.2, 0) is 0 Å². The van der Waals surface area contributed by atoms with Gasteiger partial charge in [0, 0.05) is 10.1 Å². The van der Waals surface area contributed by atoms with Crippen LogP contribution in [0.15, 0.2) is 29.2 Å². The van der Waals surface area contributed by atoms with Crippen molar-refractivity contribution in [2.24, 2.45) is 0 Å². The van der Waals surface area contributed by atoms with E-state index in [4.69, 9.17) is 0 Å². The molecule has 0 saturated carbocycles. The number of halogens is 1. The Kier molecular flexibility index (Phi) is 2.94. The molecule has 0 nitrogen and oxygen atoms in total. The van der Waals surface area contributed by atoms with Gasteiger partial charge in [-0.2, -0.15) is 0 Å². The Morgan fingerprint density at radius 3 is 2.45 bits per heavy atom. The average molecular weight is 170 g/mol. The molecule has 0 aliphatic heterocycles. The molecule has 60 valence electrons. The molecule has 0 aromatic heterocycles. The van der Waals surface area contributed by atoms with Crippen LogP contribution < -0.4 is 0 Å². The normalized spacial score (nSPS) is 10.5. The van der Waals surface area contributed by atoms with E-state index >= 15 is 0 Å². The number of rotatable bonds is 2. The van der Waals surface area contributed by atoms with E-state index < -0.39 is 0 Å². The van der Waals surface area contributed by atoms with Crippen LogP contribution in [0.5, 0.6) is 0 Å². The summed E-state index contributed by atoms with van der Waals surface area (Å²) >= 11 is 1.55. The molecule has 0 heterocycles. The van der Waals surface area contributed by atoms with Crippen LogP contribution in [0.3, 0.4) is 0 Å². The van der Waals surface area contributed by atoms with Gasteiger partial charge in [0.05, 0.1) is 0 Å². The van der Waals surface area contributed by atoms with Crippen molar-refractivity contribution in [1.82, 2.24) is 0 Å². The fourth-order valence-electron chi connectivity index (χ4n) is 0.794. The average Bonchev–Trinajstić information content (AvgIpc) is 1.93. The summed E-state index contributed by atoms with van der Waals surface area (Å²) in [7, 11) is 0. The van der Waals surface area contributed by atoms with Gasteiger partial charge in [-0.15, -0.1) is 11.8 Å². The van der Waals surface area contributed by atoms with E-state index in [0.717, 1.165) is 4.90 Å². The summed E-state index contributed by atoms with van der Waals surface area (Å²) < 4.78 is 12.9. The number of thioether (sulfide) groups is 1. The van der Waals surface area contributed by atoms with Crippen molar-refractivity contribution in [1.29, 1.82) is 0 Å². The molecule has 0 atom stereocenters. The molecule has 1 aromatic rings. The highest BCUT2D eigenvalue weighted by atomic mass is 32.2. The topological polar surface area (TPSA) is 0 Å². The zero-order chi connectivity index (χ0) is 8.27. The molecule has 1 rings (SSSR count). The minimum atomic E-state index is -0.119. The van der Waals surface area contributed by atoms with Gasteiger partial charge in [-0.25, -0.2) is 4.39 Å². The number of hydrogen-bond acceptors (Lipinski definition) is 1. The van der Waals surface area contributed by atoms with Gasteiger partial charge in [0.25, 0.3) is 0 Å². The highest BCUT2D eigenvalue weighted by Gasteiger charge is 2.02. The minimum absolute atomic E-state index is 0.119. The molecule has 11 heavy (non-hydrogen) atoms. The second kappa shape index (κ2) is 3.77. The van der Waals surface area contributed by atoms with E-state index in [0.29, 0.717) is 5.25 Å². The number of hydrogen-bond donors (Lipinski definition) is 0. The third-order valence-corrected chi connectivity index (χ3v) is 2.26. The first-order valence-corrected chi connectivity index (χ1v) is 4.49. The molecule has 0 fully saturated rings. The first kappa shape index (κ1) is 8.60. The standard InChI is InChI=1S/C9H11FS/c1-7(2)11-9-6-4-3-5-8(9)10/h3-7H,1-2H3. The van der Waals surface area contributed by atoms with E-state index in [1.54, 1.807) is 23.9 Å². The van der Waals surface area contributed by atoms with Crippen molar-refractivity contribution in [2.75, 3.05) is 0 Å². The maximum atomic E-state index is 12.9. The molecule has 2 heteroatoms. The first-order chi connectivity index (χ1) is 5.20. The van der Waals surface area contributed by atoms with Gasteiger partial charge in [0.2, 0.25) is 0 Å². The zero-order valence-corrected chi connectivity index (χ0v) is 7.49. The van der Waals surface area contributed by atoms with Crippen LogP contribution in [0.25, 0.3) is 0 Å². The van der Waals surface area contributed by atoms with Crippen LogP contribution in [-0.4, -0.2) is 5.25 Å². The highest BCUT2D eigenvalue weighted by Crippen LogP contribution is 2.24. The smallest absolute Gasteiger partial charge is 0.136 e. The molecule has 1 aromatic carbocycles. The molecule has 0 bridgehead atoms. The first-order valence-electron chi connectivity index (χ1n) is 3.61. The van der Waals surface area contributed by atoms with Crippen molar-refractivity contribution >= 4 is 11.8 Å². The molecule has 0 radical (unpaired) electrons. The third kappa shape index (κ3) is 2.54. The van der Waals surface area contributed by atoms with Gasteiger partial charge >= 0.3 is 0 Å². The Hall–Kier alpha value is -0.500. The molecule has 0 spiro atoms. The van der Waals surface area contributed by atoms with Crippen molar-refractivity contribution in [3.63, 3.8) is 0 Å². The van der Waals surface area contributed by atoms with Gasteiger partial charge < -0.3 is 0 Å². The lowest BCUT2D eigenvalue weighted by atomic mass is 10.3. The molecular formula is C9H11FS. The van der Waals surface area contributed by atoms with Gasteiger partial charge in [0.1, 0.15) is 5.82 Å². The fourth-order valence-corrected chi connectivity index (χ4v) is 1.64. The van der Waals surface area contributed by atoms with Crippen molar-refractivity contribution in [2.45, 2.75) is 24.0 Å². The number of benzene rings is 1. The van der Waals surface area contributed by atoms with Gasteiger partial charge in [-0.3, -0.25) is 0 Å². The van der Waals surface area contributed by atoms with E-state index in [1.165, 1.54) is 6.07 Å². The Morgan fingerprint density at radius 1 is 1.27 bits per heavy atom. The highest BCUT2D eigenvalue weighted by molar-refractivity contribution is 7.99. The maximum Gasteiger partial charge on any atom is 0.136 e. The van der Waals surface area contributed by atoms with Crippen LogP contribution in [0.1, 0.15) is 13.8 Å². The molecule has 0 unspecified atom stereocenters. The summed E-state index contributed by atoms with van der Waals surface area (Å²) in [5, 5.41) is 0.437. The van der Waals surface area contributed by atoms with Crippen molar-refractivity contribution in [3.05, 3.63) is 30.1 Å². The molecular weight excluding hydrogens is 159 g/mol. The third-order valence-electron chi connectivity index (χ3n) is 1.20. The van der Waals surface area contributed by atoms with Crippen molar-refractivity contribution in [3.8, 4) is 0 Å². The summed E-state index contributed by atoms with van der Waals surface area (Å²) in [6.07, 6.45) is 0. The fraction of sp³-hybridized carbons (Fsp3) is 0.333. The molecule has 0 aliphatic rings. The van der Waals surface area contributed by atoms with Crippen LogP contribution in [0.4, 0.5) is 4.39 Å². The Bertz CT molecular complexity index is 233.